The molecule has 1 aromatic heterocycles. The number of rotatable bonds is 17. The van der Waals surface area contributed by atoms with E-state index in [1.165, 1.54) is 54.1 Å². The predicted molar refractivity (Wildman–Crippen MR) is 191 cm³/mol. The third kappa shape index (κ3) is 12.1. The summed E-state index contributed by atoms with van der Waals surface area (Å²) in [4.78, 5) is 63.9. The van der Waals surface area contributed by atoms with Gasteiger partial charge >= 0.3 is 19.9 Å². The summed E-state index contributed by atoms with van der Waals surface area (Å²) in [6.45, 7) is 4.83. The SMILES string of the molecule is CC(=O)c1cn(CC(=O)N2C[C@H](F)C[C@H]2C(=O)NCc2cccc(Cl)c2F)c2cc(OCP(=O)(OCOC(=O)OC(C)C)OCOC(=O)OC(C)C)ccc12. The van der Waals surface area contributed by atoms with Gasteiger partial charge in [-0.15, -0.1) is 0 Å². The van der Waals surface area contributed by atoms with Gasteiger partial charge in [0.05, 0.1) is 29.3 Å². The molecule has 2 amide bonds. The Morgan fingerprint density at radius 2 is 1.62 bits per heavy atom. The first-order valence-corrected chi connectivity index (χ1v) is 19.0. The first-order valence-electron chi connectivity index (χ1n) is 16.9. The highest BCUT2D eigenvalue weighted by atomic mass is 35.5. The maximum absolute atomic E-state index is 14.7. The van der Waals surface area contributed by atoms with Crippen molar-refractivity contribution in [1.29, 1.82) is 0 Å². The molecule has 1 N–H and O–H groups in total. The minimum absolute atomic E-state index is 0.0533. The maximum atomic E-state index is 14.7. The van der Waals surface area contributed by atoms with Gasteiger partial charge in [-0.05, 0) is 52.8 Å². The molecule has 20 heteroatoms. The van der Waals surface area contributed by atoms with Crippen molar-refractivity contribution in [2.24, 2.45) is 0 Å². The number of ketones is 1. The Labute approximate surface area is 319 Å². The summed E-state index contributed by atoms with van der Waals surface area (Å²) in [5.74, 6) is -2.33. The van der Waals surface area contributed by atoms with E-state index in [1.807, 2.05) is 0 Å². The van der Waals surface area contributed by atoms with E-state index < -0.39 is 88.4 Å². The Balaban J connectivity index is 1.50. The quantitative estimate of drug-likeness (QED) is 0.0675. The Bertz CT molecular complexity index is 1910. The van der Waals surface area contributed by atoms with Crippen LogP contribution in [0, 0.1) is 5.82 Å². The van der Waals surface area contributed by atoms with Crippen molar-refractivity contribution in [3.63, 3.8) is 0 Å². The molecule has 0 spiro atoms. The van der Waals surface area contributed by atoms with Crippen LogP contribution < -0.4 is 10.1 Å². The van der Waals surface area contributed by atoms with Crippen LogP contribution in [0.25, 0.3) is 10.9 Å². The minimum atomic E-state index is -4.35. The van der Waals surface area contributed by atoms with Crippen molar-refractivity contribution < 1.29 is 70.1 Å². The molecular formula is C35H41ClF2N3O13P. The van der Waals surface area contributed by atoms with Crippen LogP contribution in [-0.4, -0.2) is 90.3 Å². The molecule has 3 aromatic rings. The Morgan fingerprint density at radius 1 is 0.982 bits per heavy atom. The van der Waals surface area contributed by atoms with Crippen molar-refractivity contribution in [2.75, 3.05) is 26.5 Å². The van der Waals surface area contributed by atoms with Crippen LogP contribution in [-0.2, 0) is 55.2 Å². The van der Waals surface area contributed by atoms with E-state index in [2.05, 4.69) is 5.32 Å². The van der Waals surface area contributed by atoms with Crippen LogP contribution >= 0.6 is 19.2 Å². The van der Waals surface area contributed by atoms with E-state index in [9.17, 15) is 37.3 Å². The number of alkyl halides is 1. The van der Waals surface area contributed by atoms with Gasteiger partial charge in [0, 0.05) is 41.7 Å². The third-order valence-corrected chi connectivity index (χ3v) is 9.54. The zero-order chi connectivity index (χ0) is 40.4. The van der Waals surface area contributed by atoms with Crippen molar-refractivity contribution in [1.82, 2.24) is 14.8 Å². The van der Waals surface area contributed by atoms with Crippen molar-refractivity contribution >= 4 is 60.0 Å². The molecule has 300 valence electrons. The lowest BCUT2D eigenvalue weighted by molar-refractivity contribution is -0.139. The summed E-state index contributed by atoms with van der Waals surface area (Å²) in [5.41, 5.74) is 0.654. The number of halogens is 3. The summed E-state index contributed by atoms with van der Waals surface area (Å²) >= 11 is 5.83. The number of ether oxygens (including phenoxy) is 5. The molecule has 0 unspecified atom stereocenters. The fraction of sp³-hybridized carbons (Fsp3) is 0.457. The highest BCUT2D eigenvalue weighted by molar-refractivity contribution is 7.53. The highest BCUT2D eigenvalue weighted by Crippen LogP contribution is 2.48. The number of benzene rings is 2. The molecule has 4 rings (SSSR count). The van der Waals surface area contributed by atoms with E-state index in [0.29, 0.717) is 10.9 Å². The van der Waals surface area contributed by atoms with Gasteiger partial charge in [-0.1, -0.05) is 23.7 Å². The summed E-state index contributed by atoms with van der Waals surface area (Å²) in [7, 11) is -4.35. The van der Waals surface area contributed by atoms with E-state index in [-0.39, 0.29) is 47.2 Å². The fourth-order valence-corrected chi connectivity index (χ4v) is 6.48. The zero-order valence-corrected chi connectivity index (χ0v) is 32.2. The van der Waals surface area contributed by atoms with Gasteiger partial charge in [0.15, 0.2) is 12.1 Å². The number of amides is 2. The second-order valence-corrected chi connectivity index (χ2v) is 15.1. The number of hydrogen-bond acceptors (Lipinski definition) is 13. The van der Waals surface area contributed by atoms with E-state index >= 15 is 0 Å². The molecule has 0 saturated carbocycles. The summed E-state index contributed by atoms with van der Waals surface area (Å²) in [6.07, 6.45) is -4.42. The van der Waals surface area contributed by atoms with Crippen LogP contribution in [0.4, 0.5) is 18.4 Å². The molecule has 1 aliphatic rings. The number of carbonyl (C=O) groups is 5. The maximum Gasteiger partial charge on any atom is 0.510 e. The van der Waals surface area contributed by atoms with Gasteiger partial charge < -0.3 is 38.5 Å². The number of nitrogens with zero attached hydrogens (tertiary/aromatic N) is 2. The second kappa shape index (κ2) is 19.2. The first-order chi connectivity index (χ1) is 26.0. The fourth-order valence-electron chi connectivity index (χ4n) is 5.33. The molecule has 2 aromatic carbocycles. The first kappa shape index (κ1) is 43.0. The van der Waals surface area contributed by atoms with Gasteiger partial charge in [0.25, 0.3) is 0 Å². The summed E-state index contributed by atoms with van der Waals surface area (Å²) in [6, 6.07) is 7.48. The van der Waals surface area contributed by atoms with E-state index in [4.69, 9.17) is 44.3 Å². The van der Waals surface area contributed by atoms with Gasteiger partial charge in [-0.25, -0.2) is 18.4 Å². The second-order valence-electron chi connectivity index (χ2n) is 12.7. The molecular weight excluding hydrogens is 775 g/mol. The number of carbonyl (C=O) groups excluding carboxylic acids is 5. The van der Waals surface area contributed by atoms with Crippen molar-refractivity contribution in [3.05, 3.63) is 64.6 Å². The molecule has 2 atom stereocenters. The monoisotopic (exact) mass is 815 g/mol. The smallest absolute Gasteiger partial charge is 0.481 e. The molecule has 1 saturated heterocycles. The topological polar surface area (TPSA) is 187 Å². The normalized spacial score (nSPS) is 15.6. The van der Waals surface area contributed by atoms with E-state index in [0.717, 1.165) is 4.90 Å². The molecule has 0 bridgehead atoms. The zero-order valence-electron chi connectivity index (χ0n) is 30.6. The summed E-state index contributed by atoms with van der Waals surface area (Å²) < 4.78 is 79.3. The minimum Gasteiger partial charge on any atom is -0.481 e. The molecule has 1 aliphatic heterocycles. The molecule has 16 nitrogen and oxygen atoms in total. The van der Waals surface area contributed by atoms with Crippen LogP contribution in [0.5, 0.6) is 5.75 Å². The molecule has 1 fully saturated rings. The third-order valence-electron chi connectivity index (χ3n) is 7.80. The van der Waals surface area contributed by atoms with Gasteiger partial charge in [-0.3, -0.25) is 28.0 Å². The Kier molecular flexibility index (Phi) is 15.0. The highest BCUT2D eigenvalue weighted by Gasteiger charge is 2.40. The molecule has 0 radical (unpaired) electrons. The van der Waals surface area contributed by atoms with Crippen LogP contribution in [0.15, 0.2) is 42.6 Å². The van der Waals surface area contributed by atoms with Crippen molar-refractivity contribution in [2.45, 2.75) is 78.6 Å². The molecule has 2 heterocycles. The van der Waals surface area contributed by atoms with Crippen LogP contribution in [0.3, 0.4) is 0 Å². The van der Waals surface area contributed by atoms with Crippen LogP contribution in [0.1, 0.15) is 57.0 Å². The summed E-state index contributed by atoms with van der Waals surface area (Å²) in [5, 5.41) is 2.82. The molecule has 0 aliphatic carbocycles. The Morgan fingerprint density at radius 3 is 2.22 bits per heavy atom. The largest absolute Gasteiger partial charge is 0.510 e. The number of Topliss-reactive ketones (excluding diaryl/α,β-unsaturated/α-hetero) is 1. The van der Waals surface area contributed by atoms with Gasteiger partial charge in [-0.2, -0.15) is 0 Å². The average molecular weight is 816 g/mol. The number of nitrogens with one attached hydrogen (secondary N) is 1. The number of aromatic nitrogens is 1. The van der Waals surface area contributed by atoms with E-state index in [1.54, 1.807) is 27.7 Å². The van der Waals surface area contributed by atoms with Crippen LogP contribution in [0.2, 0.25) is 5.02 Å². The number of fused-ring (bicyclic) bond motifs is 1. The molecule has 55 heavy (non-hydrogen) atoms. The lowest BCUT2D eigenvalue weighted by Crippen LogP contribution is -2.46. The van der Waals surface area contributed by atoms with Gasteiger partial charge in [0.1, 0.15) is 30.3 Å². The lowest BCUT2D eigenvalue weighted by atomic mass is 10.1. The van der Waals surface area contributed by atoms with Gasteiger partial charge in [0.2, 0.25) is 25.4 Å². The number of hydrogen-bond donors (Lipinski definition) is 1. The standard InChI is InChI=1S/C35H41ClF2N3O13P/c1-20(2)53-34(45)48-17-51-55(47,52-18-49-35(46)54-21(3)4)19-50-25-9-10-26-27(22(5)42)15-40(29(26)12-25)16-31(43)41-14-24(37)11-30(41)33(44)39-13-23-7-6-8-28(36)32(23)38/h6-10,12,15,20-21,24,30H,11,13-14,16-19H2,1-5H3,(H,39,44)/t24-,30+/m1/s1. The predicted octanol–water partition coefficient (Wildman–Crippen LogP) is 6.49. The average Bonchev–Trinajstić information content (AvgIpc) is 3.67. The number of likely N-dealkylation sites (tertiary alicyclic amines) is 1. The lowest BCUT2D eigenvalue weighted by Gasteiger charge is -2.24. The van der Waals surface area contributed by atoms with Crippen molar-refractivity contribution in [3.8, 4) is 5.75 Å². The Hall–Kier alpha value is -4.77.